The molecule has 2 aromatic rings. The van der Waals surface area contributed by atoms with Crippen LogP contribution >= 0.6 is 0 Å². The lowest BCUT2D eigenvalue weighted by molar-refractivity contribution is 0.234. The van der Waals surface area contributed by atoms with Crippen LogP contribution in [-0.4, -0.2) is 54.2 Å². The first-order valence-corrected chi connectivity index (χ1v) is 11.5. The molecule has 0 atom stereocenters. The Labute approximate surface area is 194 Å². The summed E-state index contributed by atoms with van der Waals surface area (Å²) in [5, 5.41) is 11.0. The smallest absolute Gasteiger partial charge is 0.134 e. The van der Waals surface area contributed by atoms with Gasteiger partial charge >= 0.3 is 0 Å². The number of allylic oxidation sites excluding steroid dienone is 2. The highest BCUT2D eigenvalue weighted by atomic mass is 19.1. The average Bonchev–Trinajstić information content (AvgIpc) is 3.15. The summed E-state index contributed by atoms with van der Waals surface area (Å²) >= 11 is 0. The number of hydrogen-bond donors (Lipinski definition) is 4. The van der Waals surface area contributed by atoms with Crippen molar-refractivity contribution in [1.82, 2.24) is 19.8 Å². The van der Waals surface area contributed by atoms with Gasteiger partial charge in [0.1, 0.15) is 11.2 Å². The molecule has 33 heavy (non-hydrogen) atoms. The van der Waals surface area contributed by atoms with E-state index in [-0.39, 0.29) is 12.2 Å². The molecule has 176 valence electrons. The molecule has 0 spiro atoms. The fourth-order valence-corrected chi connectivity index (χ4v) is 4.41. The summed E-state index contributed by atoms with van der Waals surface area (Å²) in [7, 11) is 1.88. The number of nitrogens with one attached hydrogen (secondary N) is 3. The van der Waals surface area contributed by atoms with Gasteiger partial charge < -0.3 is 31.2 Å². The summed E-state index contributed by atoms with van der Waals surface area (Å²) in [6, 6.07) is 6.01. The normalized spacial score (nSPS) is 16.8. The van der Waals surface area contributed by atoms with Gasteiger partial charge in [0.05, 0.1) is 11.7 Å². The van der Waals surface area contributed by atoms with Crippen molar-refractivity contribution in [2.75, 3.05) is 50.4 Å². The number of aryl methyl sites for hydroxylation is 2. The van der Waals surface area contributed by atoms with Crippen molar-refractivity contribution in [3.8, 4) is 0 Å². The lowest BCUT2D eigenvalue weighted by Gasteiger charge is -2.27. The molecular formula is C25H34FN7. The van der Waals surface area contributed by atoms with Crippen LogP contribution in [0.5, 0.6) is 0 Å². The Bertz CT molecular complexity index is 1170. The molecule has 5 N–H and O–H groups in total. The molecule has 1 aromatic carbocycles. The minimum Gasteiger partial charge on any atom is -0.399 e. The third-order valence-corrected chi connectivity index (χ3v) is 6.30. The van der Waals surface area contributed by atoms with Gasteiger partial charge in [0, 0.05) is 74.5 Å². The number of nitrogens with zero attached hydrogens (tertiary/aromatic N) is 3. The number of piperazine rings is 1. The second-order valence-electron chi connectivity index (χ2n) is 8.67. The maximum Gasteiger partial charge on any atom is 0.134 e. The summed E-state index contributed by atoms with van der Waals surface area (Å²) in [5.41, 5.74) is 10.9. The number of nitrogens with two attached hydrogens (primary N) is 1. The summed E-state index contributed by atoms with van der Waals surface area (Å²) < 4.78 is 17.3. The molecule has 1 fully saturated rings. The number of imidazole rings is 1. The third kappa shape index (κ3) is 5.29. The third-order valence-electron chi connectivity index (χ3n) is 6.30. The molecule has 1 aliphatic carbocycles. The number of halogens is 1. The Balaban J connectivity index is 1.62. The zero-order valence-electron chi connectivity index (χ0n) is 19.5. The van der Waals surface area contributed by atoms with Crippen LogP contribution < -0.4 is 32.4 Å². The highest BCUT2D eigenvalue weighted by Gasteiger charge is 2.18. The van der Waals surface area contributed by atoms with Gasteiger partial charge in [-0.25, -0.2) is 9.37 Å². The van der Waals surface area contributed by atoms with Crippen molar-refractivity contribution in [3.63, 3.8) is 0 Å². The number of fused-ring (bicyclic) bond motifs is 1. The van der Waals surface area contributed by atoms with E-state index in [0.717, 1.165) is 68.0 Å². The van der Waals surface area contributed by atoms with Gasteiger partial charge in [-0.2, -0.15) is 0 Å². The van der Waals surface area contributed by atoms with Crippen molar-refractivity contribution in [3.05, 3.63) is 64.3 Å². The molecular weight excluding hydrogens is 417 g/mol. The van der Waals surface area contributed by atoms with E-state index in [1.807, 2.05) is 42.8 Å². The summed E-state index contributed by atoms with van der Waals surface area (Å²) in [6.07, 6.45) is 4.71. The zero-order valence-corrected chi connectivity index (χ0v) is 19.5. The standard InChI is InChI=1S/C25H34FN7/c1-17-13-19(28-3)5-6-22(17)31-23-15-21(26)25-24(14-20(23)18(2)27)33(16-30-25)10-4-9-32-11-7-29-8-12-32/h5-6,13-14,16,28-29,31H,2,4,7-12,15,27H2,1,3H3. The van der Waals surface area contributed by atoms with Crippen LogP contribution in [0, 0.1) is 6.92 Å². The molecule has 1 aliphatic heterocycles. The molecule has 4 rings (SSSR count). The van der Waals surface area contributed by atoms with Crippen LogP contribution in [0.15, 0.2) is 48.1 Å². The minimum absolute atomic E-state index is 0.0834. The van der Waals surface area contributed by atoms with Gasteiger partial charge in [0.25, 0.3) is 0 Å². The molecule has 0 unspecified atom stereocenters. The monoisotopic (exact) mass is 451 g/mol. The second-order valence-corrected chi connectivity index (χ2v) is 8.67. The van der Waals surface area contributed by atoms with E-state index in [1.54, 1.807) is 6.33 Å². The fraction of sp³-hybridized carbons (Fsp3) is 0.400. The molecule has 0 radical (unpaired) electrons. The van der Waals surface area contributed by atoms with E-state index in [0.29, 0.717) is 22.3 Å². The van der Waals surface area contributed by atoms with Gasteiger partial charge in [0.15, 0.2) is 0 Å². The molecule has 8 heteroatoms. The van der Waals surface area contributed by atoms with E-state index < -0.39 is 0 Å². The van der Waals surface area contributed by atoms with E-state index >= 15 is 4.39 Å². The highest BCUT2D eigenvalue weighted by molar-refractivity contribution is 5.69. The van der Waals surface area contributed by atoms with Crippen LogP contribution in [0.1, 0.15) is 18.4 Å². The minimum atomic E-state index is -0.273. The van der Waals surface area contributed by atoms with Crippen molar-refractivity contribution in [2.24, 2.45) is 5.73 Å². The lowest BCUT2D eigenvalue weighted by atomic mass is 10.1. The van der Waals surface area contributed by atoms with E-state index in [4.69, 9.17) is 5.73 Å². The number of aromatic nitrogens is 2. The number of hydrogen-bond acceptors (Lipinski definition) is 6. The van der Waals surface area contributed by atoms with Crippen molar-refractivity contribution < 1.29 is 4.39 Å². The Morgan fingerprint density at radius 3 is 2.76 bits per heavy atom. The van der Waals surface area contributed by atoms with Crippen LogP contribution in [-0.2, 0) is 6.54 Å². The van der Waals surface area contributed by atoms with Crippen LogP contribution in [0.25, 0.3) is 11.9 Å². The quantitative estimate of drug-likeness (QED) is 0.488. The lowest BCUT2D eigenvalue weighted by Crippen LogP contribution is -2.44. The van der Waals surface area contributed by atoms with Crippen molar-refractivity contribution >= 4 is 23.3 Å². The molecule has 2 aliphatic rings. The number of benzene rings is 1. The molecule has 2 heterocycles. The first-order valence-electron chi connectivity index (χ1n) is 11.5. The molecule has 1 saturated heterocycles. The van der Waals surface area contributed by atoms with Gasteiger partial charge in [-0.05, 0) is 49.7 Å². The molecule has 0 saturated carbocycles. The van der Waals surface area contributed by atoms with E-state index in [9.17, 15) is 0 Å². The van der Waals surface area contributed by atoms with Gasteiger partial charge in [-0.15, -0.1) is 0 Å². The zero-order chi connectivity index (χ0) is 23.4. The van der Waals surface area contributed by atoms with Crippen molar-refractivity contribution in [1.29, 1.82) is 0 Å². The van der Waals surface area contributed by atoms with E-state index in [1.165, 1.54) is 0 Å². The maximum atomic E-state index is 15.3. The van der Waals surface area contributed by atoms with Gasteiger partial charge in [-0.1, -0.05) is 6.58 Å². The van der Waals surface area contributed by atoms with Gasteiger partial charge in [-0.3, -0.25) is 0 Å². The van der Waals surface area contributed by atoms with Crippen LogP contribution in [0.3, 0.4) is 0 Å². The maximum absolute atomic E-state index is 15.3. The Hall–Kier alpha value is -3.10. The first-order chi connectivity index (χ1) is 16.0. The Morgan fingerprint density at radius 1 is 1.27 bits per heavy atom. The molecule has 0 amide bonds. The molecule has 7 nitrogen and oxygen atoms in total. The molecule has 0 bridgehead atoms. The average molecular weight is 452 g/mol. The summed E-state index contributed by atoms with van der Waals surface area (Å²) in [4.78, 5) is 6.86. The Morgan fingerprint density at radius 2 is 2.06 bits per heavy atom. The van der Waals surface area contributed by atoms with Crippen LogP contribution in [0.2, 0.25) is 0 Å². The predicted molar refractivity (Wildman–Crippen MR) is 134 cm³/mol. The summed E-state index contributed by atoms with van der Waals surface area (Å²) in [5.74, 6) is -0.273. The van der Waals surface area contributed by atoms with Crippen molar-refractivity contribution in [2.45, 2.75) is 26.3 Å². The SMILES string of the molecule is C=C(N)C1=C(Nc2ccc(NC)cc2C)CC(F)=c2ncn(CCCN3CCNCC3)c2=C1. The summed E-state index contributed by atoms with van der Waals surface area (Å²) in [6.45, 7) is 12.0. The number of anilines is 2. The van der Waals surface area contributed by atoms with E-state index in [2.05, 4.69) is 32.4 Å². The predicted octanol–water partition coefficient (Wildman–Crippen LogP) is 1.63. The number of rotatable bonds is 8. The second kappa shape index (κ2) is 10.2. The Kier molecular flexibility index (Phi) is 7.15. The fourth-order valence-electron chi connectivity index (χ4n) is 4.41. The van der Waals surface area contributed by atoms with Gasteiger partial charge in [0.2, 0.25) is 0 Å². The highest BCUT2D eigenvalue weighted by Crippen LogP contribution is 2.27. The van der Waals surface area contributed by atoms with Crippen LogP contribution in [0.4, 0.5) is 15.8 Å². The first kappa shape index (κ1) is 23.1. The topological polar surface area (TPSA) is 83.2 Å². The molecule has 1 aromatic heterocycles. The largest absolute Gasteiger partial charge is 0.399 e.